The number of halogens is 3. The van der Waals surface area contributed by atoms with Crippen LogP contribution in [0.15, 0.2) is 127 Å². The third kappa shape index (κ3) is 3.70. The summed E-state index contributed by atoms with van der Waals surface area (Å²) >= 11 is 0. The van der Waals surface area contributed by atoms with Crippen molar-refractivity contribution >= 4 is 10.8 Å². The van der Waals surface area contributed by atoms with Crippen LogP contribution in [0.1, 0.15) is 27.8 Å². The van der Waals surface area contributed by atoms with E-state index in [1.165, 1.54) is 12.1 Å². The predicted molar refractivity (Wildman–Crippen MR) is 127 cm³/mol. The van der Waals surface area contributed by atoms with E-state index in [4.69, 9.17) is 0 Å². The van der Waals surface area contributed by atoms with Crippen molar-refractivity contribution in [1.29, 1.82) is 0 Å². The smallest absolute Gasteiger partial charge is 0.166 e. The van der Waals surface area contributed by atoms with Crippen molar-refractivity contribution in [3.05, 3.63) is 155 Å². The minimum Gasteiger partial charge on any atom is -0.166 e. The number of benzene rings is 5. The normalized spacial score (nSPS) is 12.1. The molecule has 0 aliphatic rings. The summed E-state index contributed by atoms with van der Waals surface area (Å²) in [5.74, 6) is 0. The van der Waals surface area contributed by atoms with E-state index < -0.39 is 17.2 Å². The lowest BCUT2D eigenvalue weighted by Gasteiger charge is -2.37. The maximum absolute atomic E-state index is 13.4. The Morgan fingerprint density at radius 2 is 0.788 bits per heavy atom. The molecule has 0 saturated carbocycles. The first-order valence-electron chi connectivity index (χ1n) is 10.8. The fourth-order valence-corrected chi connectivity index (χ4v) is 4.71. The van der Waals surface area contributed by atoms with Gasteiger partial charge < -0.3 is 0 Å². The number of rotatable bonds is 4. The van der Waals surface area contributed by atoms with E-state index in [9.17, 15) is 13.2 Å². The van der Waals surface area contributed by atoms with Crippen molar-refractivity contribution in [2.75, 3.05) is 0 Å². The van der Waals surface area contributed by atoms with Gasteiger partial charge in [0.2, 0.25) is 0 Å². The molecule has 162 valence electrons. The van der Waals surface area contributed by atoms with Crippen molar-refractivity contribution in [2.24, 2.45) is 0 Å². The minimum absolute atomic E-state index is 0.653. The van der Waals surface area contributed by atoms with E-state index in [2.05, 4.69) is 30.3 Å². The van der Waals surface area contributed by atoms with Crippen LogP contribution in [0, 0.1) is 0 Å². The topological polar surface area (TPSA) is 0 Å². The van der Waals surface area contributed by atoms with E-state index in [0.717, 1.165) is 33.0 Å². The Balaban J connectivity index is 1.87. The second-order valence-corrected chi connectivity index (χ2v) is 8.12. The van der Waals surface area contributed by atoms with Crippen LogP contribution in [0.25, 0.3) is 10.8 Å². The van der Waals surface area contributed by atoms with Gasteiger partial charge in [-0.3, -0.25) is 0 Å². The third-order valence-corrected chi connectivity index (χ3v) is 6.24. The van der Waals surface area contributed by atoms with Gasteiger partial charge in [0.25, 0.3) is 0 Å². The molecule has 0 amide bonds. The second kappa shape index (κ2) is 8.25. The molecule has 0 heterocycles. The van der Waals surface area contributed by atoms with Gasteiger partial charge in [-0.25, -0.2) is 0 Å². The lowest BCUT2D eigenvalue weighted by atomic mass is 9.65. The highest BCUT2D eigenvalue weighted by molar-refractivity contribution is 5.84. The van der Waals surface area contributed by atoms with Gasteiger partial charge in [-0.15, -0.1) is 0 Å². The molecule has 0 saturated heterocycles. The summed E-state index contributed by atoms with van der Waals surface area (Å²) in [5.41, 5.74) is 2.33. The Morgan fingerprint density at radius 3 is 1.33 bits per heavy atom. The van der Waals surface area contributed by atoms with Gasteiger partial charge >= 0.3 is 6.18 Å². The van der Waals surface area contributed by atoms with Crippen LogP contribution in [0.3, 0.4) is 0 Å². The number of fused-ring (bicyclic) bond motifs is 1. The van der Waals surface area contributed by atoms with Gasteiger partial charge in [0.05, 0.1) is 11.0 Å². The summed E-state index contributed by atoms with van der Waals surface area (Å²) in [6, 6.07) is 39.9. The van der Waals surface area contributed by atoms with E-state index in [0.29, 0.717) is 0 Å². The summed E-state index contributed by atoms with van der Waals surface area (Å²) in [6.45, 7) is 0. The first-order valence-corrected chi connectivity index (χ1v) is 10.8. The van der Waals surface area contributed by atoms with E-state index in [1.807, 2.05) is 72.8 Å². The maximum atomic E-state index is 13.4. The van der Waals surface area contributed by atoms with Crippen molar-refractivity contribution in [3.8, 4) is 0 Å². The van der Waals surface area contributed by atoms with Gasteiger partial charge in [0.1, 0.15) is 0 Å². The Bertz CT molecular complexity index is 1330. The molecule has 0 aliphatic heterocycles. The first-order chi connectivity index (χ1) is 16.0. The standard InChI is InChI=1S/C30H21F3/c31-30(32,33)27-19-17-26(18-20-27)29(24-11-3-1-4-12-24,25-13-5-2-6-14-25)28-16-15-22-9-7-8-10-23(22)21-28/h1-21H. The molecule has 3 heteroatoms. The average molecular weight is 438 g/mol. The predicted octanol–water partition coefficient (Wildman–Crippen LogP) is 8.24. The lowest BCUT2D eigenvalue weighted by Crippen LogP contribution is -2.31. The highest BCUT2D eigenvalue weighted by Crippen LogP contribution is 2.46. The van der Waals surface area contributed by atoms with Crippen LogP contribution < -0.4 is 0 Å². The summed E-state index contributed by atoms with van der Waals surface area (Å²) in [7, 11) is 0. The molecule has 0 aliphatic carbocycles. The van der Waals surface area contributed by atoms with Gasteiger partial charge in [0, 0.05) is 0 Å². The molecule has 0 nitrogen and oxygen atoms in total. The summed E-state index contributed by atoms with van der Waals surface area (Å²) in [4.78, 5) is 0. The lowest BCUT2D eigenvalue weighted by molar-refractivity contribution is -0.137. The van der Waals surface area contributed by atoms with Gasteiger partial charge in [0.15, 0.2) is 0 Å². The van der Waals surface area contributed by atoms with Crippen LogP contribution in [-0.2, 0) is 11.6 Å². The zero-order valence-electron chi connectivity index (χ0n) is 17.8. The summed E-state index contributed by atoms with van der Waals surface area (Å²) in [5, 5.41) is 2.20. The molecule has 5 aromatic carbocycles. The minimum atomic E-state index is -4.39. The van der Waals surface area contributed by atoms with Gasteiger partial charge in [-0.2, -0.15) is 13.2 Å². The monoisotopic (exact) mass is 438 g/mol. The molecule has 5 rings (SSSR count). The van der Waals surface area contributed by atoms with Crippen molar-refractivity contribution in [2.45, 2.75) is 11.6 Å². The molecule has 5 aromatic rings. The molecule has 0 N–H and O–H groups in total. The first kappa shape index (κ1) is 21.0. The zero-order chi connectivity index (χ0) is 22.9. The summed E-state index contributed by atoms with van der Waals surface area (Å²) < 4.78 is 40.1. The molecule has 0 atom stereocenters. The molecule has 0 radical (unpaired) electrons. The highest BCUT2D eigenvalue weighted by atomic mass is 19.4. The van der Waals surface area contributed by atoms with Crippen molar-refractivity contribution in [3.63, 3.8) is 0 Å². The maximum Gasteiger partial charge on any atom is 0.416 e. The fraction of sp³-hybridized carbons (Fsp3) is 0.0667. The molecule has 0 fully saturated rings. The SMILES string of the molecule is FC(F)(F)c1ccc(C(c2ccccc2)(c2ccccc2)c2ccc3ccccc3c2)cc1. The number of hydrogen-bond donors (Lipinski definition) is 0. The van der Waals surface area contributed by atoms with Crippen molar-refractivity contribution < 1.29 is 13.2 Å². The van der Waals surface area contributed by atoms with Crippen molar-refractivity contribution in [1.82, 2.24) is 0 Å². The van der Waals surface area contributed by atoms with Crippen LogP contribution in [0.5, 0.6) is 0 Å². The van der Waals surface area contributed by atoms with E-state index >= 15 is 0 Å². The number of hydrogen-bond acceptors (Lipinski definition) is 0. The molecule has 0 unspecified atom stereocenters. The fourth-order valence-electron chi connectivity index (χ4n) is 4.71. The molecule has 0 aromatic heterocycles. The largest absolute Gasteiger partial charge is 0.416 e. The third-order valence-electron chi connectivity index (χ3n) is 6.24. The number of alkyl halides is 3. The van der Waals surface area contributed by atoms with Crippen LogP contribution in [-0.4, -0.2) is 0 Å². The Morgan fingerprint density at radius 1 is 0.364 bits per heavy atom. The molecule has 0 bridgehead atoms. The van der Waals surface area contributed by atoms with Gasteiger partial charge in [-0.1, -0.05) is 109 Å². The van der Waals surface area contributed by atoms with Crippen LogP contribution in [0.2, 0.25) is 0 Å². The second-order valence-electron chi connectivity index (χ2n) is 8.12. The quantitative estimate of drug-likeness (QED) is 0.248. The zero-order valence-corrected chi connectivity index (χ0v) is 17.8. The molecule has 0 spiro atoms. The van der Waals surface area contributed by atoms with Crippen LogP contribution >= 0.6 is 0 Å². The summed E-state index contributed by atoms with van der Waals surface area (Å²) in [6.07, 6.45) is -4.39. The molecular weight excluding hydrogens is 417 g/mol. The van der Waals surface area contributed by atoms with E-state index in [-0.39, 0.29) is 0 Å². The highest BCUT2D eigenvalue weighted by Gasteiger charge is 2.39. The molecular formula is C30H21F3. The Labute approximate surface area is 191 Å². The van der Waals surface area contributed by atoms with Gasteiger partial charge in [-0.05, 0) is 51.2 Å². The average Bonchev–Trinajstić information content (AvgIpc) is 2.86. The Kier molecular flexibility index (Phi) is 5.26. The molecule has 33 heavy (non-hydrogen) atoms. The Hall–Kier alpha value is -3.85. The van der Waals surface area contributed by atoms with E-state index in [1.54, 1.807) is 12.1 Å². The van der Waals surface area contributed by atoms with Crippen LogP contribution in [0.4, 0.5) is 13.2 Å².